The Balaban J connectivity index is 1.32. The molecule has 0 unspecified atom stereocenters. The summed E-state index contributed by atoms with van der Waals surface area (Å²) < 4.78 is 32.6. The number of piperazine rings is 1. The van der Waals surface area contributed by atoms with Gasteiger partial charge >= 0.3 is 0 Å². The van der Waals surface area contributed by atoms with Crippen molar-refractivity contribution in [1.82, 2.24) is 9.21 Å². The van der Waals surface area contributed by atoms with Crippen molar-refractivity contribution in [3.63, 3.8) is 0 Å². The Morgan fingerprint density at radius 3 is 2.36 bits per heavy atom. The summed E-state index contributed by atoms with van der Waals surface area (Å²) in [7, 11) is -3.53. The zero-order valence-corrected chi connectivity index (χ0v) is 17.4. The Labute approximate surface area is 167 Å². The summed E-state index contributed by atoms with van der Waals surface area (Å²) in [5, 5.41) is 0. The van der Waals surface area contributed by atoms with Gasteiger partial charge in [0, 0.05) is 32.6 Å². The van der Waals surface area contributed by atoms with Gasteiger partial charge in [-0.05, 0) is 68.2 Å². The van der Waals surface area contributed by atoms with Crippen LogP contribution in [0.3, 0.4) is 0 Å². The van der Waals surface area contributed by atoms with E-state index in [4.69, 9.17) is 4.74 Å². The molecule has 1 amide bonds. The largest absolute Gasteiger partial charge is 0.494 e. The first-order valence-electron chi connectivity index (χ1n) is 10.5. The van der Waals surface area contributed by atoms with Gasteiger partial charge in [0.15, 0.2) is 0 Å². The maximum absolute atomic E-state index is 12.9. The van der Waals surface area contributed by atoms with Gasteiger partial charge in [0.1, 0.15) is 5.75 Å². The molecule has 0 radical (unpaired) electrons. The van der Waals surface area contributed by atoms with Gasteiger partial charge in [-0.3, -0.25) is 4.79 Å². The van der Waals surface area contributed by atoms with Gasteiger partial charge in [-0.25, -0.2) is 8.42 Å². The summed E-state index contributed by atoms with van der Waals surface area (Å²) in [4.78, 5) is 14.8. The Morgan fingerprint density at radius 2 is 1.79 bits per heavy atom. The highest BCUT2D eigenvalue weighted by Crippen LogP contribution is 2.49. The Kier molecular flexibility index (Phi) is 5.65. The molecule has 4 rings (SSSR count). The highest BCUT2D eigenvalue weighted by molar-refractivity contribution is 7.89. The van der Waals surface area contributed by atoms with E-state index in [2.05, 4.69) is 0 Å². The van der Waals surface area contributed by atoms with Crippen LogP contribution in [0.5, 0.6) is 5.75 Å². The Morgan fingerprint density at radius 1 is 1.07 bits per heavy atom. The fourth-order valence-corrected chi connectivity index (χ4v) is 6.60. The van der Waals surface area contributed by atoms with Crippen LogP contribution < -0.4 is 4.74 Å². The topological polar surface area (TPSA) is 66.9 Å². The van der Waals surface area contributed by atoms with E-state index in [9.17, 15) is 13.2 Å². The number of hydrogen-bond donors (Lipinski definition) is 0. The Bertz CT molecular complexity index is 800. The SMILES string of the molecule is CCOc1ccc(S(=O)(=O)N2CCN(C(=O)C[C@@H]3C[C@H]4CC[C@@H]3C4)CC2)cc1. The van der Waals surface area contributed by atoms with E-state index in [1.165, 1.54) is 30.0 Å². The van der Waals surface area contributed by atoms with Crippen LogP contribution >= 0.6 is 0 Å². The number of carbonyl (C=O) groups excluding carboxylic acids is 1. The van der Waals surface area contributed by atoms with E-state index in [-0.39, 0.29) is 10.8 Å². The van der Waals surface area contributed by atoms with E-state index < -0.39 is 10.0 Å². The molecule has 3 aliphatic rings. The minimum absolute atomic E-state index is 0.204. The summed E-state index contributed by atoms with van der Waals surface area (Å²) in [5.41, 5.74) is 0. The van der Waals surface area contributed by atoms with Gasteiger partial charge in [0.25, 0.3) is 0 Å². The van der Waals surface area contributed by atoms with Crippen molar-refractivity contribution in [2.75, 3.05) is 32.8 Å². The molecule has 1 heterocycles. The molecular formula is C21H30N2O4S. The summed E-state index contributed by atoms with van der Waals surface area (Å²) in [6, 6.07) is 6.55. The van der Waals surface area contributed by atoms with Crippen molar-refractivity contribution in [3.8, 4) is 5.75 Å². The third-order valence-corrected chi connectivity index (χ3v) is 8.60. The molecular weight excluding hydrogens is 376 g/mol. The number of benzene rings is 1. The molecule has 6 nitrogen and oxygen atoms in total. The molecule has 1 saturated heterocycles. The predicted molar refractivity (Wildman–Crippen MR) is 107 cm³/mol. The second-order valence-electron chi connectivity index (χ2n) is 8.33. The van der Waals surface area contributed by atoms with E-state index in [0.717, 1.165) is 11.8 Å². The van der Waals surface area contributed by atoms with Crippen LogP contribution in [0.4, 0.5) is 0 Å². The molecule has 28 heavy (non-hydrogen) atoms. The minimum Gasteiger partial charge on any atom is -0.494 e. The van der Waals surface area contributed by atoms with Crippen molar-refractivity contribution in [1.29, 1.82) is 0 Å². The predicted octanol–water partition coefficient (Wildman–Crippen LogP) is 2.74. The molecule has 0 N–H and O–H groups in total. The average Bonchev–Trinajstić information content (AvgIpc) is 3.32. The normalized spacial score (nSPS) is 27.9. The number of carbonyl (C=O) groups is 1. The Hall–Kier alpha value is -1.60. The number of ether oxygens (including phenoxy) is 1. The molecule has 0 aromatic heterocycles. The average molecular weight is 407 g/mol. The van der Waals surface area contributed by atoms with Crippen molar-refractivity contribution in [2.24, 2.45) is 17.8 Å². The second kappa shape index (κ2) is 8.03. The molecule has 1 aromatic carbocycles. The third kappa shape index (κ3) is 3.92. The minimum atomic E-state index is -3.53. The third-order valence-electron chi connectivity index (χ3n) is 6.69. The standard InChI is InChI=1S/C21H30N2O4S/c1-2-27-19-5-7-20(8-6-19)28(25,26)23-11-9-22(10-12-23)21(24)15-18-14-16-3-4-17(18)13-16/h5-8,16-18H,2-4,9-15H2,1H3/t16-,17+,18-/m0/s1. The van der Waals surface area contributed by atoms with E-state index in [0.29, 0.717) is 50.9 Å². The molecule has 2 bridgehead atoms. The molecule has 3 atom stereocenters. The highest BCUT2D eigenvalue weighted by Gasteiger charge is 2.41. The molecule has 7 heteroatoms. The van der Waals surface area contributed by atoms with E-state index in [1.807, 2.05) is 11.8 Å². The smallest absolute Gasteiger partial charge is 0.243 e. The molecule has 154 valence electrons. The first kappa shape index (κ1) is 19.7. The van der Waals surface area contributed by atoms with Crippen LogP contribution in [0.15, 0.2) is 29.2 Å². The summed E-state index contributed by atoms with van der Waals surface area (Å²) in [6.45, 7) is 4.12. The lowest BCUT2D eigenvalue weighted by Crippen LogP contribution is -2.50. The number of fused-ring (bicyclic) bond motifs is 2. The fraction of sp³-hybridized carbons (Fsp3) is 0.667. The van der Waals surface area contributed by atoms with Gasteiger partial charge in [0.05, 0.1) is 11.5 Å². The molecule has 2 aliphatic carbocycles. The van der Waals surface area contributed by atoms with E-state index >= 15 is 0 Å². The lowest BCUT2D eigenvalue weighted by Gasteiger charge is -2.35. The van der Waals surface area contributed by atoms with Crippen molar-refractivity contribution >= 4 is 15.9 Å². The first-order chi connectivity index (χ1) is 13.5. The molecule has 2 saturated carbocycles. The van der Waals surface area contributed by atoms with Gasteiger partial charge in [-0.15, -0.1) is 0 Å². The zero-order valence-electron chi connectivity index (χ0n) is 16.5. The number of rotatable bonds is 6. The van der Waals surface area contributed by atoms with Crippen LogP contribution in [0.2, 0.25) is 0 Å². The van der Waals surface area contributed by atoms with Crippen LogP contribution in [-0.4, -0.2) is 56.3 Å². The van der Waals surface area contributed by atoms with E-state index in [1.54, 1.807) is 24.3 Å². The monoisotopic (exact) mass is 406 g/mol. The van der Waals surface area contributed by atoms with Crippen molar-refractivity contribution < 1.29 is 17.9 Å². The maximum atomic E-state index is 12.9. The first-order valence-corrected chi connectivity index (χ1v) is 11.9. The molecule has 1 aromatic rings. The number of sulfonamides is 1. The maximum Gasteiger partial charge on any atom is 0.243 e. The number of nitrogens with zero attached hydrogens (tertiary/aromatic N) is 2. The van der Waals surface area contributed by atoms with Gasteiger partial charge in [-0.1, -0.05) is 6.42 Å². The molecule has 3 fully saturated rings. The molecule has 0 spiro atoms. The van der Waals surface area contributed by atoms with Gasteiger partial charge < -0.3 is 9.64 Å². The number of amides is 1. The quantitative estimate of drug-likeness (QED) is 0.729. The van der Waals surface area contributed by atoms with Gasteiger partial charge in [0.2, 0.25) is 15.9 Å². The summed E-state index contributed by atoms with van der Waals surface area (Å²) in [5.74, 6) is 3.01. The van der Waals surface area contributed by atoms with Crippen LogP contribution in [0.1, 0.15) is 39.0 Å². The summed E-state index contributed by atoms with van der Waals surface area (Å²) >= 11 is 0. The zero-order chi connectivity index (χ0) is 19.7. The number of hydrogen-bond acceptors (Lipinski definition) is 4. The summed E-state index contributed by atoms with van der Waals surface area (Å²) in [6.07, 6.45) is 5.80. The lowest BCUT2D eigenvalue weighted by atomic mass is 9.86. The van der Waals surface area contributed by atoms with Crippen LogP contribution in [0.25, 0.3) is 0 Å². The lowest BCUT2D eigenvalue weighted by molar-refractivity contribution is -0.133. The van der Waals surface area contributed by atoms with Crippen molar-refractivity contribution in [2.45, 2.75) is 43.9 Å². The van der Waals surface area contributed by atoms with Crippen molar-refractivity contribution in [3.05, 3.63) is 24.3 Å². The second-order valence-corrected chi connectivity index (χ2v) is 10.3. The fourth-order valence-electron chi connectivity index (χ4n) is 5.18. The van der Waals surface area contributed by atoms with Gasteiger partial charge in [-0.2, -0.15) is 4.31 Å². The highest BCUT2D eigenvalue weighted by atomic mass is 32.2. The molecule has 1 aliphatic heterocycles. The van der Waals surface area contributed by atoms with Crippen LogP contribution in [0, 0.1) is 17.8 Å². The van der Waals surface area contributed by atoms with Crippen LogP contribution in [-0.2, 0) is 14.8 Å².